The summed E-state index contributed by atoms with van der Waals surface area (Å²) in [5.41, 5.74) is 3.30. The van der Waals surface area contributed by atoms with E-state index in [0.717, 1.165) is 30.2 Å². The number of anilines is 1. The van der Waals surface area contributed by atoms with Crippen LogP contribution in [0, 0.1) is 0 Å². The molecule has 1 aliphatic heterocycles. The third kappa shape index (κ3) is 2.14. The molecule has 2 aromatic rings. The molecule has 0 amide bonds. The first-order valence-corrected chi connectivity index (χ1v) is 6.11. The van der Waals surface area contributed by atoms with Crippen molar-refractivity contribution >= 4 is 5.69 Å². The lowest BCUT2D eigenvalue weighted by Crippen LogP contribution is -2.08. The molecular weight excluding hydrogens is 226 g/mol. The van der Waals surface area contributed by atoms with Crippen molar-refractivity contribution in [3.63, 3.8) is 0 Å². The fourth-order valence-corrected chi connectivity index (χ4v) is 2.13. The molecule has 1 aromatic heterocycles. The van der Waals surface area contributed by atoms with E-state index in [1.807, 2.05) is 12.1 Å². The highest BCUT2D eigenvalue weighted by atomic mass is 16.5. The Morgan fingerprint density at radius 2 is 2.28 bits per heavy atom. The number of rotatable bonds is 3. The van der Waals surface area contributed by atoms with Gasteiger partial charge in [0.25, 0.3) is 0 Å². The zero-order valence-electron chi connectivity index (χ0n) is 10.3. The van der Waals surface area contributed by atoms with E-state index in [1.165, 1.54) is 5.56 Å². The van der Waals surface area contributed by atoms with E-state index < -0.39 is 0 Å². The highest BCUT2D eigenvalue weighted by Crippen LogP contribution is 2.29. The smallest absolute Gasteiger partial charge is 0.122 e. The molecule has 1 N–H and O–H groups in total. The Balaban J connectivity index is 1.77. The Morgan fingerprint density at radius 1 is 1.33 bits per heavy atom. The molecule has 2 heterocycles. The second-order valence-corrected chi connectivity index (χ2v) is 4.42. The van der Waals surface area contributed by atoms with Crippen LogP contribution in [-0.2, 0) is 6.42 Å². The Bertz CT molecular complexity index is 542. The molecular formula is C14H15N3O. The molecule has 0 aliphatic carbocycles. The Labute approximate surface area is 106 Å². The minimum Gasteiger partial charge on any atom is -0.493 e. The summed E-state index contributed by atoms with van der Waals surface area (Å²) in [7, 11) is 0. The maximum Gasteiger partial charge on any atom is 0.122 e. The highest BCUT2D eigenvalue weighted by Gasteiger charge is 2.13. The van der Waals surface area contributed by atoms with E-state index in [1.54, 1.807) is 18.6 Å². The van der Waals surface area contributed by atoms with Gasteiger partial charge >= 0.3 is 0 Å². The summed E-state index contributed by atoms with van der Waals surface area (Å²) >= 11 is 0. The van der Waals surface area contributed by atoms with Gasteiger partial charge in [-0.3, -0.25) is 9.97 Å². The van der Waals surface area contributed by atoms with E-state index in [9.17, 15) is 0 Å². The lowest BCUT2D eigenvalue weighted by molar-refractivity contribution is 0.357. The van der Waals surface area contributed by atoms with Gasteiger partial charge in [-0.1, -0.05) is 0 Å². The predicted molar refractivity (Wildman–Crippen MR) is 69.7 cm³/mol. The van der Waals surface area contributed by atoms with Crippen LogP contribution < -0.4 is 10.1 Å². The topological polar surface area (TPSA) is 47.0 Å². The van der Waals surface area contributed by atoms with E-state index in [4.69, 9.17) is 4.74 Å². The van der Waals surface area contributed by atoms with Crippen molar-refractivity contribution in [2.24, 2.45) is 0 Å². The minimum atomic E-state index is 0.138. The molecule has 0 fully saturated rings. The van der Waals surface area contributed by atoms with Gasteiger partial charge in [0.05, 0.1) is 24.5 Å². The third-order valence-electron chi connectivity index (χ3n) is 3.10. The highest BCUT2D eigenvalue weighted by molar-refractivity contribution is 5.53. The minimum absolute atomic E-state index is 0.138. The first-order valence-electron chi connectivity index (χ1n) is 6.11. The molecule has 0 saturated heterocycles. The van der Waals surface area contributed by atoms with Crippen LogP contribution in [0.5, 0.6) is 5.75 Å². The fraction of sp³-hybridized carbons (Fsp3) is 0.286. The number of aromatic nitrogens is 2. The monoisotopic (exact) mass is 241 g/mol. The van der Waals surface area contributed by atoms with E-state index in [0.29, 0.717) is 0 Å². The fourth-order valence-electron chi connectivity index (χ4n) is 2.13. The molecule has 0 spiro atoms. The Morgan fingerprint density at radius 3 is 3.11 bits per heavy atom. The summed E-state index contributed by atoms with van der Waals surface area (Å²) < 4.78 is 5.49. The number of hydrogen-bond donors (Lipinski definition) is 1. The molecule has 18 heavy (non-hydrogen) atoms. The molecule has 1 aromatic carbocycles. The molecule has 4 nitrogen and oxygen atoms in total. The third-order valence-corrected chi connectivity index (χ3v) is 3.10. The number of ether oxygens (including phenoxy) is 1. The van der Waals surface area contributed by atoms with Gasteiger partial charge < -0.3 is 10.1 Å². The largest absolute Gasteiger partial charge is 0.493 e. The Kier molecular flexibility index (Phi) is 2.84. The normalized spacial score (nSPS) is 14.7. The van der Waals surface area contributed by atoms with Crippen molar-refractivity contribution in [1.29, 1.82) is 0 Å². The maximum absolute atomic E-state index is 5.49. The summed E-state index contributed by atoms with van der Waals surface area (Å²) in [6, 6.07) is 6.35. The van der Waals surface area contributed by atoms with Gasteiger partial charge in [-0.2, -0.15) is 0 Å². The van der Waals surface area contributed by atoms with Crippen LogP contribution in [0.25, 0.3) is 0 Å². The number of nitrogens with zero attached hydrogens (tertiary/aromatic N) is 2. The first kappa shape index (κ1) is 11.0. The molecule has 1 aliphatic rings. The van der Waals surface area contributed by atoms with Crippen molar-refractivity contribution < 1.29 is 4.74 Å². The average molecular weight is 241 g/mol. The van der Waals surface area contributed by atoms with Gasteiger partial charge in [0.15, 0.2) is 0 Å². The number of hydrogen-bond acceptors (Lipinski definition) is 4. The van der Waals surface area contributed by atoms with E-state index in [2.05, 4.69) is 28.3 Å². The Hall–Kier alpha value is -2.10. The van der Waals surface area contributed by atoms with Crippen molar-refractivity contribution in [2.75, 3.05) is 11.9 Å². The van der Waals surface area contributed by atoms with E-state index in [-0.39, 0.29) is 6.04 Å². The SMILES string of the molecule is CC(Nc1ccc2c(c1)CCO2)c1cnccn1. The number of fused-ring (bicyclic) bond motifs is 1. The quantitative estimate of drug-likeness (QED) is 0.897. The van der Waals surface area contributed by atoms with Crippen LogP contribution in [0.3, 0.4) is 0 Å². The zero-order valence-corrected chi connectivity index (χ0v) is 10.3. The van der Waals surface area contributed by atoms with Crippen LogP contribution in [0.1, 0.15) is 24.2 Å². The van der Waals surface area contributed by atoms with Gasteiger partial charge in [0.1, 0.15) is 5.75 Å². The van der Waals surface area contributed by atoms with Crippen LogP contribution in [0.4, 0.5) is 5.69 Å². The van der Waals surface area contributed by atoms with Gasteiger partial charge in [-0.05, 0) is 30.7 Å². The van der Waals surface area contributed by atoms with Gasteiger partial charge in [-0.15, -0.1) is 0 Å². The van der Waals surface area contributed by atoms with Gasteiger partial charge in [0, 0.05) is 24.5 Å². The van der Waals surface area contributed by atoms with Crippen LogP contribution >= 0.6 is 0 Å². The maximum atomic E-state index is 5.49. The van der Waals surface area contributed by atoms with Gasteiger partial charge in [-0.25, -0.2) is 0 Å². The molecule has 4 heteroatoms. The zero-order chi connectivity index (χ0) is 12.4. The summed E-state index contributed by atoms with van der Waals surface area (Å²) in [5, 5.41) is 3.43. The number of benzene rings is 1. The summed E-state index contributed by atoms with van der Waals surface area (Å²) in [6.07, 6.45) is 6.17. The first-order chi connectivity index (χ1) is 8.83. The summed E-state index contributed by atoms with van der Waals surface area (Å²) in [4.78, 5) is 8.38. The molecule has 3 rings (SSSR count). The van der Waals surface area contributed by atoms with Gasteiger partial charge in [0.2, 0.25) is 0 Å². The second-order valence-electron chi connectivity index (χ2n) is 4.42. The average Bonchev–Trinajstić information content (AvgIpc) is 2.87. The lowest BCUT2D eigenvalue weighted by atomic mass is 10.1. The molecule has 0 radical (unpaired) electrons. The molecule has 0 saturated carbocycles. The van der Waals surface area contributed by atoms with Crippen LogP contribution in [0.2, 0.25) is 0 Å². The lowest BCUT2D eigenvalue weighted by Gasteiger charge is -2.14. The van der Waals surface area contributed by atoms with E-state index >= 15 is 0 Å². The van der Waals surface area contributed by atoms with Crippen molar-refractivity contribution in [3.05, 3.63) is 48.0 Å². The van der Waals surface area contributed by atoms with Crippen molar-refractivity contribution in [3.8, 4) is 5.75 Å². The van der Waals surface area contributed by atoms with Crippen molar-refractivity contribution in [2.45, 2.75) is 19.4 Å². The molecule has 0 bridgehead atoms. The predicted octanol–water partition coefficient (Wildman–Crippen LogP) is 2.58. The summed E-state index contributed by atoms with van der Waals surface area (Å²) in [5.74, 6) is 1.01. The number of nitrogens with one attached hydrogen (secondary N) is 1. The second kappa shape index (κ2) is 4.64. The molecule has 1 unspecified atom stereocenters. The standard InChI is InChI=1S/C14H15N3O/c1-10(13-9-15-5-6-16-13)17-12-2-3-14-11(8-12)4-7-18-14/h2-3,5-6,8-10,17H,4,7H2,1H3. The van der Waals surface area contributed by atoms with Crippen molar-refractivity contribution in [1.82, 2.24) is 9.97 Å². The van der Waals surface area contributed by atoms with Crippen LogP contribution in [0.15, 0.2) is 36.8 Å². The van der Waals surface area contributed by atoms with Crippen LogP contribution in [-0.4, -0.2) is 16.6 Å². The summed E-state index contributed by atoms with van der Waals surface area (Å²) in [6.45, 7) is 2.87. The molecule has 1 atom stereocenters. The molecule has 92 valence electrons.